The number of aliphatic hydroxyl groups excluding tert-OH is 2. The van der Waals surface area contributed by atoms with Gasteiger partial charge in [0, 0.05) is 10.6 Å². The summed E-state index contributed by atoms with van der Waals surface area (Å²) in [5.74, 6) is -0.0742. The number of alkyl halides is 3. The van der Waals surface area contributed by atoms with Crippen LogP contribution in [0.15, 0.2) is 47.3 Å². The van der Waals surface area contributed by atoms with Crippen molar-refractivity contribution in [3.05, 3.63) is 79.7 Å². The summed E-state index contributed by atoms with van der Waals surface area (Å²) in [6.07, 6.45) is -8.88. The Hall–Kier alpha value is -2.90. The van der Waals surface area contributed by atoms with E-state index in [4.69, 9.17) is 34.8 Å². The molecule has 2 unspecified atom stereocenters. The molecule has 2 aromatic carbocycles. The van der Waals surface area contributed by atoms with Crippen molar-refractivity contribution in [1.82, 2.24) is 29.1 Å². The summed E-state index contributed by atoms with van der Waals surface area (Å²) in [4.78, 5) is 17.4. The van der Waals surface area contributed by atoms with Crippen molar-refractivity contribution in [1.29, 1.82) is 0 Å². The highest BCUT2D eigenvalue weighted by atomic mass is 35.5. The lowest BCUT2D eigenvalue weighted by Crippen LogP contribution is -2.37. The third-order valence-electron chi connectivity index (χ3n) is 5.25. The summed E-state index contributed by atoms with van der Waals surface area (Å²) in [6, 6.07) is 10.7. The van der Waals surface area contributed by atoms with Crippen LogP contribution in [0.1, 0.15) is 24.7 Å². The molecule has 0 saturated heterocycles. The molecule has 0 aliphatic carbocycles. The lowest BCUT2D eigenvalue weighted by molar-refractivity contribution is -0.207. The van der Waals surface area contributed by atoms with Crippen LogP contribution in [0.3, 0.4) is 0 Å². The molecule has 0 spiro atoms. The van der Waals surface area contributed by atoms with Gasteiger partial charge >= 0.3 is 11.9 Å². The number of aromatic nitrogens is 6. The molecule has 0 aliphatic heterocycles. The van der Waals surface area contributed by atoms with Gasteiger partial charge in [0.2, 0.25) is 0 Å². The number of nitrogens with zero attached hydrogens (tertiary/aromatic N) is 6. The van der Waals surface area contributed by atoms with E-state index in [0.717, 1.165) is 4.68 Å². The second kappa shape index (κ2) is 10.5. The van der Waals surface area contributed by atoms with E-state index in [1.807, 2.05) is 0 Å². The molecule has 0 radical (unpaired) electrons. The van der Waals surface area contributed by atoms with E-state index in [-0.39, 0.29) is 39.8 Å². The fourth-order valence-electron chi connectivity index (χ4n) is 3.49. The molecule has 0 amide bonds. The van der Waals surface area contributed by atoms with E-state index < -0.39 is 30.6 Å². The van der Waals surface area contributed by atoms with Gasteiger partial charge in [-0.25, -0.2) is 19.1 Å². The number of rotatable bonds is 7. The molecular formula is C22H18Cl3F3N6O3. The second-order valence-electron chi connectivity index (χ2n) is 7.98. The van der Waals surface area contributed by atoms with Gasteiger partial charge in [-0.15, -0.1) is 10.2 Å². The Morgan fingerprint density at radius 2 is 1.62 bits per heavy atom. The molecule has 2 aromatic heterocycles. The highest BCUT2D eigenvalue weighted by molar-refractivity contribution is 6.37. The Balaban J connectivity index is 1.79. The first-order valence-corrected chi connectivity index (χ1v) is 11.8. The first kappa shape index (κ1) is 27.1. The lowest BCUT2D eigenvalue weighted by Gasteiger charge is -2.15. The van der Waals surface area contributed by atoms with E-state index in [2.05, 4.69) is 15.2 Å². The number of hydrogen-bond donors (Lipinski definition) is 2. The van der Waals surface area contributed by atoms with Crippen molar-refractivity contribution in [3.63, 3.8) is 0 Å². The Kier molecular flexibility index (Phi) is 7.67. The molecule has 0 aliphatic rings. The average Bonchev–Trinajstić information content (AvgIpc) is 3.36. The topological polar surface area (TPSA) is 111 Å². The highest BCUT2D eigenvalue weighted by Gasteiger charge is 2.39. The van der Waals surface area contributed by atoms with Gasteiger partial charge in [0.05, 0.1) is 16.6 Å². The maximum Gasteiger partial charge on any atom is 0.416 e. The van der Waals surface area contributed by atoms with Crippen molar-refractivity contribution in [3.8, 4) is 17.1 Å². The van der Waals surface area contributed by atoms with Crippen molar-refractivity contribution >= 4 is 34.8 Å². The molecule has 2 N–H and O–H groups in total. The third kappa shape index (κ3) is 5.68. The number of hydrogen-bond acceptors (Lipinski definition) is 6. The van der Waals surface area contributed by atoms with Crippen molar-refractivity contribution < 1.29 is 23.4 Å². The SMILES string of the molecule is CC(O)c1nc(Cn2nc(-c3ccc(Cl)cc3)n(CC(O)C(F)(F)F)c2=O)nn1-c1c(Cl)cccc1Cl. The maximum absolute atomic E-state index is 13.1. The van der Waals surface area contributed by atoms with E-state index in [9.17, 15) is 28.2 Å². The Morgan fingerprint density at radius 1 is 1.00 bits per heavy atom. The Morgan fingerprint density at radius 3 is 2.19 bits per heavy atom. The van der Waals surface area contributed by atoms with E-state index in [0.29, 0.717) is 15.2 Å². The van der Waals surface area contributed by atoms with E-state index in [1.165, 1.54) is 35.9 Å². The molecule has 0 bridgehead atoms. The molecule has 37 heavy (non-hydrogen) atoms. The minimum Gasteiger partial charge on any atom is -0.385 e. The summed E-state index contributed by atoms with van der Waals surface area (Å²) in [5, 5.41) is 29.2. The number of halogens is 6. The fourth-order valence-corrected chi connectivity index (χ4v) is 4.18. The molecule has 15 heteroatoms. The lowest BCUT2D eigenvalue weighted by atomic mass is 10.2. The van der Waals surface area contributed by atoms with Crippen LogP contribution in [0.2, 0.25) is 15.1 Å². The van der Waals surface area contributed by atoms with Crippen LogP contribution in [-0.4, -0.2) is 51.6 Å². The predicted octanol–water partition coefficient (Wildman–Crippen LogP) is 4.28. The molecule has 4 aromatic rings. The minimum atomic E-state index is -4.96. The van der Waals surface area contributed by atoms with Crippen LogP contribution in [0, 0.1) is 0 Å². The normalized spacial score (nSPS) is 13.6. The van der Waals surface area contributed by atoms with Gasteiger partial charge in [-0.1, -0.05) is 40.9 Å². The van der Waals surface area contributed by atoms with Crippen LogP contribution in [0.4, 0.5) is 13.2 Å². The first-order valence-electron chi connectivity index (χ1n) is 10.6. The molecule has 2 heterocycles. The summed E-state index contributed by atoms with van der Waals surface area (Å²) in [5.41, 5.74) is -0.409. The van der Waals surface area contributed by atoms with Crippen molar-refractivity contribution in [2.24, 2.45) is 0 Å². The van der Waals surface area contributed by atoms with E-state index >= 15 is 0 Å². The monoisotopic (exact) mass is 576 g/mol. The van der Waals surface area contributed by atoms with Crippen LogP contribution in [-0.2, 0) is 13.1 Å². The first-order chi connectivity index (χ1) is 17.4. The minimum absolute atomic E-state index is 0.00216. The van der Waals surface area contributed by atoms with E-state index in [1.54, 1.807) is 18.2 Å². The van der Waals surface area contributed by atoms with Crippen molar-refractivity contribution in [2.45, 2.75) is 38.4 Å². The Labute approximate surface area is 222 Å². The maximum atomic E-state index is 13.1. The standard InChI is InChI=1S/C22H18Cl3F3N6O3/c1-11(35)19-29-17(30-34(19)18-14(24)3-2-4-15(18)25)10-33-21(37)32(9-16(36)22(26,27)28)20(31-33)12-5-7-13(23)8-6-12/h2-8,11,16,35-36H,9-10H2,1H3. The zero-order valence-electron chi connectivity index (χ0n) is 18.9. The van der Waals surface area contributed by atoms with Crippen LogP contribution >= 0.6 is 34.8 Å². The quantitative estimate of drug-likeness (QED) is 0.339. The fraction of sp³-hybridized carbons (Fsp3) is 0.273. The van der Waals surface area contributed by atoms with Gasteiger partial charge in [0.1, 0.15) is 18.3 Å². The molecular weight excluding hydrogens is 560 g/mol. The molecule has 2 atom stereocenters. The zero-order chi connectivity index (χ0) is 27.1. The Bertz CT molecular complexity index is 1460. The van der Waals surface area contributed by atoms with Gasteiger partial charge in [0.15, 0.2) is 23.6 Å². The predicted molar refractivity (Wildman–Crippen MR) is 130 cm³/mol. The molecule has 196 valence electrons. The second-order valence-corrected chi connectivity index (χ2v) is 9.23. The zero-order valence-corrected chi connectivity index (χ0v) is 21.1. The average molecular weight is 578 g/mol. The third-order valence-corrected chi connectivity index (χ3v) is 6.11. The summed E-state index contributed by atoms with van der Waals surface area (Å²) < 4.78 is 42.0. The highest BCUT2D eigenvalue weighted by Crippen LogP contribution is 2.30. The smallest absolute Gasteiger partial charge is 0.385 e. The van der Waals surface area contributed by atoms with Crippen molar-refractivity contribution in [2.75, 3.05) is 0 Å². The van der Waals surface area contributed by atoms with Crippen LogP contribution in [0.5, 0.6) is 0 Å². The largest absolute Gasteiger partial charge is 0.416 e. The molecule has 4 rings (SSSR count). The van der Waals surface area contributed by atoms with Gasteiger partial charge in [0.25, 0.3) is 0 Å². The summed E-state index contributed by atoms with van der Waals surface area (Å²) in [7, 11) is 0. The number of aliphatic hydroxyl groups is 2. The molecule has 9 nitrogen and oxygen atoms in total. The van der Waals surface area contributed by atoms with Gasteiger partial charge in [-0.3, -0.25) is 4.57 Å². The van der Waals surface area contributed by atoms with Gasteiger partial charge in [-0.2, -0.15) is 13.2 Å². The van der Waals surface area contributed by atoms with Crippen LogP contribution < -0.4 is 5.69 Å². The molecule has 0 fully saturated rings. The number of benzene rings is 2. The number of para-hydroxylation sites is 1. The molecule has 0 saturated carbocycles. The summed E-state index contributed by atoms with van der Waals surface area (Å²) >= 11 is 18.4. The van der Waals surface area contributed by atoms with Gasteiger partial charge < -0.3 is 10.2 Å². The van der Waals surface area contributed by atoms with Gasteiger partial charge in [-0.05, 0) is 43.3 Å². The van der Waals surface area contributed by atoms with Crippen LogP contribution in [0.25, 0.3) is 17.1 Å². The summed E-state index contributed by atoms with van der Waals surface area (Å²) in [6.45, 7) is -0.0211.